The van der Waals surface area contributed by atoms with Gasteiger partial charge in [-0.25, -0.2) is 0 Å². The molecule has 0 fully saturated rings. The van der Waals surface area contributed by atoms with Crippen LogP contribution in [0.15, 0.2) is 194 Å². The predicted octanol–water partition coefficient (Wildman–Crippen LogP) is 13.1. The van der Waals surface area contributed by atoms with Crippen molar-refractivity contribution in [2.75, 3.05) is 4.90 Å². The zero-order valence-corrected chi connectivity index (χ0v) is 30.4. The van der Waals surface area contributed by atoms with Crippen LogP contribution in [0.3, 0.4) is 0 Å². The second kappa shape index (κ2) is 11.6. The molecule has 258 valence electrons. The molecule has 1 aliphatic heterocycles. The van der Waals surface area contributed by atoms with Crippen molar-refractivity contribution < 1.29 is 4.74 Å². The first-order valence-corrected chi connectivity index (χ1v) is 19.1. The summed E-state index contributed by atoms with van der Waals surface area (Å²) in [6, 6.07) is 62.2. The third-order valence-corrected chi connectivity index (χ3v) is 12.6. The van der Waals surface area contributed by atoms with E-state index < -0.39 is 0 Å². The smallest absolute Gasteiger partial charge is 0.131 e. The van der Waals surface area contributed by atoms with Crippen molar-refractivity contribution in [1.29, 1.82) is 0 Å². The molecule has 0 aromatic heterocycles. The lowest BCUT2D eigenvalue weighted by atomic mass is 9.62. The molecule has 0 radical (unpaired) electrons. The maximum atomic E-state index is 6.62. The minimum Gasteiger partial charge on any atom is -0.457 e. The van der Waals surface area contributed by atoms with Gasteiger partial charge in [-0.05, 0) is 75.4 Å². The summed E-state index contributed by atoms with van der Waals surface area (Å²) < 4.78 is 6.62. The average molecular weight is 694 g/mol. The average Bonchev–Trinajstić information content (AvgIpc) is 3.64. The van der Waals surface area contributed by atoms with Gasteiger partial charge in [-0.1, -0.05) is 166 Å². The fraction of sp³-hybridized carbons (Fsp3) is 0.115. The van der Waals surface area contributed by atoms with Gasteiger partial charge in [-0.3, -0.25) is 0 Å². The largest absolute Gasteiger partial charge is 0.457 e. The van der Waals surface area contributed by atoms with Crippen molar-refractivity contribution in [2.45, 2.75) is 30.6 Å². The first kappa shape index (κ1) is 31.2. The number of hydrogen-bond donors (Lipinski definition) is 0. The lowest BCUT2D eigenvalue weighted by Gasteiger charge is -2.43. The fourth-order valence-electron chi connectivity index (χ4n) is 10.3. The van der Waals surface area contributed by atoms with Crippen LogP contribution in [0.4, 0.5) is 11.4 Å². The number of anilines is 2. The first-order chi connectivity index (χ1) is 26.5. The van der Waals surface area contributed by atoms with Crippen LogP contribution in [-0.4, -0.2) is 0 Å². The summed E-state index contributed by atoms with van der Waals surface area (Å²) in [7, 11) is 0. The molecule has 2 unspecified atom stereocenters. The molecule has 1 heterocycles. The Bertz CT molecular complexity index is 2650. The van der Waals surface area contributed by atoms with Gasteiger partial charge in [-0.2, -0.15) is 0 Å². The monoisotopic (exact) mass is 693 g/mol. The van der Waals surface area contributed by atoms with Gasteiger partial charge in [0.25, 0.3) is 0 Å². The van der Waals surface area contributed by atoms with Crippen molar-refractivity contribution >= 4 is 11.4 Å². The number of ether oxygens (including phenoxy) is 1. The third kappa shape index (κ3) is 4.23. The van der Waals surface area contributed by atoms with E-state index >= 15 is 0 Å². The van der Waals surface area contributed by atoms with Gasteiger partial charge in [0.05, 0.1) is 11.1 Å². The predicted molar refractivity (Wildman–Crippen MR) is 221 cm³/mol. The second-order valence-electron chi connectivity index (χ2n) is 15.6. The molecule has 4 aliphatic rings. The lowest BCUT2D eigenvalue weighted by Crippen LogP contribution is -2.38. The van der Waals surface area contributed by atoms with Gasteiger partial charge in [0, 0.05) is 45.3 Å². The van der Waals surface area contributed by atoms with Crippen LogP contribution in [0.5, 0.6) is 11.5 Å². The third-order valence-electron chi connectivity index (χ3n) is 12.6. The number of allylic oxidation sites excluding steroid dienone is 3. The summed E-state index contributed by atoms with van der Waals surface area (Å²) >= 11 is 0. The van der Waals surface area contributed by atoms with Crippen molar-refractivity contribution in [3.63, 3.8) is 0 Å². The molecule has 3 aliphatic carbocycles. The lowest BCUT2D eigenvalue weighted by molar-refractivity contribution is 0.373. The Kier molecular flexibility index (Phi) is 6.67. The van der Waals surface area contributed by atoms with Gasteiger partial charge in [0.15, 0.2) is 0 Å². The molecular formula is C52H39NO. The molecule has 54 heavy (non-hydrogen) atoms. The summed E-state index contributed by atoms with van der Waals surface area (Å²) in [5.41, 5.74) is 16.0. The van der Waals surface area contributed by atoms with E-state index in [0.717, 1.165) is 22.9 Å². The van der Waals surface area contributed by atoms with Crippen LogP contribution in [0, 0.1) is 5.92 Å². The first-order valence-electron chi connectivity index (χ1n) is 19.1. The van der Waals surface area contributed by atoms with Crippen molar-refractivity contribution in [2.24, 2.45) is 5.92 Å². The van der Waals surface area contributed by atoms with Crippen LogP contribution in [0.1, 0.15) is 53.1 Å². The number of fused-ring (bicyclic) bond motifs is 12. The molecule has 7 aromatic carbocycles. The number of hydrogen-bond acceptors (Lipinski definition) is 2. The minimum atomic E-state index is -0.388. The van der Waals surface area contributed by atoms with Crippen molar-refractivity contribution in [1.82, 2.24) is 0 Å². The van der Waals surface area contributed by atoms with Crippen molar-refractivity contribution in [3.8, 4) is 33.8 Å². The van der Waals surface area contributed by atoms with E-state index in [1.807, 2.05) is 0 Å². The standard InChI is InChI=1S/C52H39NO/c1-51(2)42-21-9-6-19-38(42)40-30-28-36(33-47(40)51)53(48-25-13-8-18-37(48)34-16-4-3-5-17-34)35-29-31-44-41(32-35)39-20-7-10-22-43(39)52(44)45-23-11-14-26-49(45)54-50-27-15-12-24-46(50)52/h3-33,41,44H,1-2H3. The Hall–Kier alpha value is -6.38. The van der Waals surface area contributed by atoms with E-state index in [1.54, 1.807) is 0 Å². The highest BCUT2D eigenvalue weighted by molar-refractivity contribution is 5.88. The number of para-hydroxylation sites is 3. The number of benzene rings is 7. The van der Waals surface area contributed by atoms with Gasteiger partial charge < -0.3 is 9.64 Å². The maximum absolute atomic E-state index is 6.62. The molecule has 1 spiro atoms. The Morgan fingerprint density at radius 3 is 1.87 bits per heavy atom. The topological polar surface area (TPSA) is 12.5 Å². The Morgan fingerprint density at radius 2 is 1.11 bits per heavy atom. The van der Waals surface area contributed by atoms with E-state index in [-0.39, 0.29) is 22.7 Å². The molecule has 0 amide bonds. The Labute approximate surface area is 317 Å². The minimum absolute atomic E-state index is 0.116. The zero-order chi connectivity index (χ0) is 36.0. The Balaban J connectivity index is 1.13. The van der Waals surface area contributed by atoms with Gasteiger partial charge in [0.1, 0.15) is 11.5 Å². The van der Waals surface area contributed by atoms with E-state index in [0.29, 0.717) is 0 Å². The summed E-state index contributed by atoms with van der Waals surface area (Å²) in [5, 5.41) is 0. The van der Waals surface area contributed by atoms with Crippen molar-refractivity contribution in [3.05, 3.63) is 227 Å². The van der Waals surface area contributed by atoms with Crippen LogP contribution in [0.25, 0.3) is 22.3 Å². The molecular weight excluding hydrogens is 655 g/mol. The van der Waals surface area contributed by atoms with Crippen LogP contribution >= 0.6 is 0 Å². The molecule has 0 bridgehead atoms. The molecule has 11 rings (SSSR count). The van der Waals surface area contributed by atoms with Gasteiger partial charge >= 0.3 is 0 Å². The highest BCUT2D eigenvalue weighted by Crippen LogP contribution is 2.65. The molecule has 2 nitrogen and oxygen atoms in total. The number of rotatable bonds is 4. The zero-order valence-electron chi connectivity index (χ0n) is 30.4. The quantitative estimate of drug-likeness (QED) is 0.182. The summed E-state index contributed by atoms with van der Waals surface area (Å²) in [5.74, 6) is 2.18. The molecule has 2 atom stereocenters. The molecule has 2 heteroatoms. The molecule has 7 aromatic rings. The summed E-state index contributed by atoms with van der Waals surface area (Å²) in [4.78, 5) is 2.51. The maximum Gasteiger partial charge on any atom is 0.131 e. The molecule has 0 saturated heterocycles. The van der Waals surface area contributed by atoms with E-state index in [1.165, 1.54) is 61.3 Å². The summed E-state index contributed by atoms with van der Waals surface area (Å²) in [6.45, 7) is 4.74. The normalized spacial score (nSPS) is 18.7. The van der Waals surface area contributed by atoms with Gasteiger partial charge in [-0.15, -0.1) is 0 Å². The highest BCUT2D eigenvalue weighted by atomic mass is 16.5. The van der Waals surface area contributed by atoms with E-state index in [2.05, 4.69) is 207 Å². The fourth-order valence-corrected chi connectivity index (χ4v) is 10.3. The van der Waals surface area contributed by atoms with Crippen LogP contribution < -0.4 is 9.64 Å². The molecule has 0 N–H and O–H groups in total. The summed E-state index contributed by atoms with van der Waals surface area (Å²) in [6.07, 6.45) is 7.45. The van der Waals surface area contributed by atoms with Crippen LogP contribution in [-0.2, 0) is 10.8 Å². The highest BCUT2D eigenvalue weighted by Gasteiger charge is 2.57. The molecule has 0 saturated carbocycles. The second-order valence-corrected chi connectivity index (χ2v) is 15.6. The number of nitrogens with zero attached hydrogens (tertiary/aromatic N) is 1. The van der Waals surface area contributed by atoms with E-state index in [4.69, 9.17) is 4.74 Å². The van der Waals surface area contributed by atoms with Gasteiger partial charge in [0.2, 0.25) is 0 Å². The van der Waals surface area contributed by atoms with E-state index in [9.17, 15) is 0 Å². The Morgan fingerprint density at radius 1 is 0.519 bits per heavy atom. The SMILES string of the molecule is CC1(C)c2ccccc2-c2ccc(N(C3=CC4c5ccccc5C5(c6ccccc6Oc6ccccc65)C4C=C3)c3ccccc3-c3ccccc3)cc21. The van der Waals surface area contributed by atoms with Crippen LogP contribution in [0.2, 0.25) is 0 Å².